The van der Waals surface area contributed by atoms with Crippen molar-refractivity contribution < 1.29 is 0 Å². The van der Waals surface area contributed by atoms with Crippen LogP contribution in [0.15, 0.2) is 4.47 Å². The number of halogens is 1. The first-order chi connectivity index (χ1) is 5.65. The molecule has 12 heavy (non-hydrogen) atoms. The van der Waals surface area contributed by atoms with Crippen molar-refractivity contribution in [1.82, 2.24) is 9.97 Å². The van der Waals surface area contributed by atoms with Crippen LogP contribution < -0.4 is 5.73 Å². The first kappa shape index (κ1) is 9.45. The van der Waals surface area contributed by atoms with Gasteiger partial charge in [-0.05, 0) is 29.3 Å². The van der Waals surface area contributed by atoms with Gasteiger partial charge in [0, 0.05) is 6.42 Å². The van der Waals surface area contributed by atoms with Crippen molar-refractivity contribution in [1.29, 1.82) is 0 Å². The predicted molar refractivity (Wildman–Crippen MR) is 52.9 cm³/mol. The zero-order chi connectivity index (χ0) is 9.14. The Morgan fingerprint density at radius 1 is 1.42 bits per heavy atom. The molecule has 2 N–H and O–H groups in total. The fourth-order valence-electron chi connectivity index (χ4n) is 0.977. The van der Waals surface area contributed by atoms with Gasteiger partial charge in [0.05, 0.1) is 10.2 Å². The standard InChI is InChI=1S/C8H12BrN3/c1-3-4-6-11-5(2)7(9)8(10)12-6/h3-4H2,1-2H3,(H2,10,11,12). The van der Waals surface area contributed by atoms with Gasteiger partial charge in [0.25, 0.3) is 0 Å². The van der Waals surface area contributed by atoms with Crippen LogP contribution in [0, 0.1) is 6.92 Å². The van der Waals surface area contributed by atoms with Crippen LogP contribution in [0.1, 0.15) is 24.9 Å². The topological polar surface area (TPSA) is 51.8 Å². The Morgan fingerprint density at radius 2 is 2.08 bits per heavy atom. The molecule has 0 saturated carbocycles. The second-order valence-corrected chi connectivity index (χ2v) is 3.47. The predicted octanol–water partition coefficient (Wildman–Crippen LogP) is 2.08. The van der Waals surface area contributed by atoms with Crippen LogP contribution in [0.3, 0.4) is 0 Å². The van der Waals surface area contributed by atoms with Gasteiger partial charge in [0.2, 0.25) is 0 Å². The number of aryl methyl sites for hydroxylation is 2. The van der Waals surface area contributed by atoms with E-state index in [9.17, 15) is 0 Å². The van der Waals surface area contributed by atoms with Crippen molar-refractivity contribution in [3.05, 3.63) is 16.0 Å². The first-order valence-electron chi connectivity index (χ1n) is 3.93. The number of hydrogen-bond acceptors (Lipinski definition) is 3. The summed E-state index contributed by atoms with van der Waals surface area (Å²) in [5.74, 6) is 1.36. The highest BCUT2D eigenvalue weighted by Gasteiger charge is 2.04. The smallest absolute Gasteiger partial charge is 0.141 e. The van der Waals surface area contributed by atoms with Crippen molar-refractivity contribution in [3.63, 3.8) is 0 Å². The van der Waals surface area contributed by atoms with Crippen LogP contribution in [-0.4, -0.2) is 9.97 Å². The lowest BCUT2D eigenvalue weighted by atomic mass is 10.3. The van der Waals surface area contributed by atoms with Crippen LogP contribution in [0.4, 0.5) is 5.82 Å². The number of rotatable bonds is 2. The summed E-state index contributed by atoms with van der Waals surface area (Å²) >= 11 is 3.31. The molecule has 3 nitrogen and oxygen atoms in total. The molecule has 0 atom stereocenters. The third-order valence-electron chi connectivity index (χ3n) is 1.56. The molecule has 0 unspecified atom stereocenters. The molecule has 66 valence electrons. The Hall–Kier alpha value is -0.640. The van der Waals surface area contributed by atoms with Crippen molar-refractivity contribution in [2.24, 2.45) is 0 Å². The summed E-state index contributed by atoms with van der Waals surface area (Å²) < 4.78 is 0.808. The molecule has 0 spiro atoms. The number of hydrogen-bond donors (Lipinski definition) is 1. The molecular weight excluding hydrogens is 218 g/mol. The summed E-state index contributed by atoms with van der Waals surface area (Å²) in [5, 5.41) is 0. The van der Waals surface area contributed by atoms with Crippen molar-refractivity contribution in [2.75, 3.05) is 5.73 Å². The molecule has 0 radical (unpaired) electrons. The van der Waals surface area contributed by atoms with Crippen molar-refractivity contribution in [2.45, 2.75) is 26.7 Å². The molecular formula is C8H12BrN3. The Bertz CT molecular complexity index is 263. The largest absolute Gasteiger partial charge is 0.383 e. The summed E-state index contributed by atoms with van der Waals surface area (Å²) in [6.07, 6.45) is 1.93. The SMILES string of the molecule is CCCc1nc(C)c(Br)c(N)n1. The quantitative estimate of drug-likeness (QED) is 0.846. The zero-order valence-electron chi connectivity index (χ0n) is 7.26. The molecule has 1 aromatic rings. The lowest BCUT2D eigenvalue weighted by molar-refractivity contribution is 0.825. The maximum Gasteiger partial charge on any atom is 0.141 e. The van der Waals surface area contributed by atoms with Crippen LogP contribution in [0.25, 0.3) is 0 Å². The highest BCUT2D eigenvalue weighted by Crippen LogP contribution is 2.19. The molecule has 0 aliphatic carbocycles. The minimum Gasteiger partial charge on any atom is -0.383 e. The fraction of sp³-hybridized carbons (Fsp3) is 0.500. The van der Waals surface area contributed by atoms with E-state index in [2.05, 4.69) is 32.8 Å². The fourth-order valence-corrected chi connectivity index (χ4v) is 1.15. The number of anilines is 1. The van der Waals surface area contributed by atoms with Crippen LogP contribution in [-0.2, 0) is 6.42 Å². The van der Waals surface area contributed by atoms with Gasteiger partial charge in [-0.1, -0.05) is 6.92 Å². The van der Waals surface area contributed by atoms with E-state index in [-0.39, 0.29) is 0 Å². The van der Waals surface area contributed by atoms with E-state index in [1.165, 1.54) is 0 Å². The Morgan fingerprint density at radius 3 is 2.58 bits per heavy atom. The number of nitrogen functional groups attached to an aromatic ring is 1. The summed E-state index contributed by atoms with van der Waals surface area (Å²) in [4.78, 5) is 8.43. The Labute approximate surface area is 80.5 Å². The highest BCUT2D eigenvalue weighted by molar-refractivity contribution is 9.10. The van der Waals surface area contributed by atoms with Gasteiger partial charge in [-0.2, -0.15) is 0 Å². The molecule has 0 aliphatic rings. The molecule has 1 aromatic heterocycles. The van der Waals surface area contributed by atoms with Crippen LogP contribution >= 0.6 is 15.9 Å². The zero-order valence-corrected chi connectivity index (χ0v) is 8.85. The van der Waals surface area contributed by atoms with Gasteiger partial charge in [-0.3, -0.25) is 0 Å². The van der Waals surface area contributed by atoms with E-state index >= 15 is 0 Å². The summed E-state index contributed by atoms with van der Waals surface area (Å²) in [6.45, 7) is 4.01. The summed E-state index contributed by atoms with van der Waals surface area (Å²) in [5.41, 5.74) is 6.56. The number of aromatic nitrogens is 2. The van der Waals surface area contributed by atoms with Gasteiger partial charge >= 0.3 is 0 Å². The van der Waals surface area contributed by atoms with E-state index in [1.807, 2.05) is 6.92 Å². The van der Waals surface area contributed by atoms with Crippen molar-refractivity contribution in [3.8, 4) is 0 Å². The molecule has 0 fully saturated rings. The van der Waals surface area contributed by atoms with E-state index in [0.29, 0.717) is 5.82 Å². The third-order valence-corrected chi connectivity index (χ3v) is 2.54. The Balaban J connectivity index is 3.04. The normalized spacial score (nSPS) is 10.2. The maximum atomic E-state index is 5.65. The minimum atomic E-state index is 0.533. The number of nitrogens with zero attached hydrogens (tertiary/aromatic N) is 2. The molecule has 1 heterocycles. The average molecular weight is 230 g/mol. The molecule has 0 amide bonds. The molecule has 0 aromatic carbocycles. The monoisotopic (exact) mass is 229 g/mol. The molecule has 0 bridgehead atoms. The van der Waals surface area contributed by atoms with E-state index in [0.717, 1.165) is 28.8 Å². The minimum absolute atomic E-state index is 0.533. The summed E-state index contributed by atoms with van der Waals surface area (Å²) in [7, 11) is 0. The van der Waals surface area contributed by atoms with Crippen molar-refractivity contribution >= 4 is 21.7 Å². The van der Waals surface area contributed by atoms with E-state index in [4.69, 9.17) is 5.73 Å². The van der Waals surface area contributed by atoms with E-state index < -0.39 is 0 Å². The van der Waals surface area contributed by atoms with Gasteiger partial charge in [-0.15, -0.1) is 0 Å². The van der Waals surface area contributed by atoms with Gasteiger partial charge < -0.3 is 5.73 Å². The van der Waals surface area contributed by atoms with Gasteiger partial charge in [0.1, 0.15) is 11.6 Å². The third kappa shape index (κ3) is 1.94. The lowest BCUT2D eigenvalue weighted by Crippen LogP contribution is -2.02. The van der Waals surface area contributed by atoms with E-state index in [1.54, 1.807) is 0 Å². The summed E-state index contributed by atoms with van der Waals surface area (Å²) in [6, 6.07) is 0. The molecule has 0 saturated heterocycles. The Kier molecular flexibility index (Phi) is 3.03. The number of nitrogens with two attached hydrogens (primary N) is 1. The molecule has 1 rings (SSSR count). The molecule has 4 heteroatoms. The maximum absolute atomic E-state index is 5.65. The van der Waals surface area contributed by atoms with Crippen LogP contribution in [0.5, 0.6) is 0 Å². The molecule has 0 aliphatic heterocycles. The van der Waals surface area contributed by atoms with Gasteiger partial charge in [0.15, 0.2) is 0 Å². The van der Waals surface area contributed by atoms with Gasteiger partial charge in [-0.25, -0.2) is 9.97 Å². The average Bonchev–Trinajstić information content (AvgIpc) is 2.01. The lowest BCUT2D eigenvalue weighted by Gasteiger charge is -2.03. The highest BCUT2D eigenvalue weighted by atomic mass is 79.9. The second kappa shape index (κ2) is 3.85. The van der Waals surface area contributed by atoms with Crippen LogP contribution in [0.2, 0.25) is 0 Å². The second-order valence-electron chi connectivity index (χ2n) is 2.67. The first-order valence-corrected chi connectivity index (χ1v) is 4.73.